The Morgan fingerprint density at radius 3 is 2.16 bits per heavy atom. The van der Waals surface area contributed by atoms with Crippen LogP contribution in [0.15, 0.2) is 42.5 Å². The van der Waals surface area contributed by atoms with Gasteiger partial charge in [0.2, 0.25) is 0 Å². The summed E-state index contributed by atoms with van der Waals surface area (Å²) in [6.45, 7) is 3.83. The van der Waals surface area contributed by atoms with E-state index in [0.717, 1.165) is 22.5 Å². The van der Waals surface area contributed by atoms with E-state index in [-0.39, 0.29) is 6.03 Å². The van der Waals surface area contributed by atoms with E-state index in [1.807, 2.05) is 56.3 Å². The van der Waals surface area contributed by atoms with Crippen LogP contribution in [-0.4, -0.2) is 6.03 Å². The van der Waals surface area contributed by atoms with Crippen LogP contribution >= 0.6 is 11.6 Å². The van der Waals surface area contributed by atoms with E-state index in [2.05, 4.69) is 10.6 Å². The van der Waals surface area contributed by atoms with Crippen molar-refractivity contribution < 1.29 is 4.79 Å². The van der Waals surface area contributed by atoms with Crippen LogP contribution in [0.2, 0.25) is 5.02 Å². The molecule has 0 aromatic heterocycles. The number of hydrogen-bond donors (Lipinski definition) is 2. The number of amides is 2. The first-order chi connectivity index (χ1) is 9.06. The first-order valence-corrected chi connectivity index (χ1v) is 6.34. The molecule has 2 aromatic rings. The van der Waals surface area contributed by atoms with Crippen LogP contribution in [0.3, 0.4) is 0 Å². The molecule has 4 heteroatoms. The van der Waals surface area contributed by atoms with Crippen LogP contribution < -0.4 is 10.6 Å². The third kappa shape index (κ3) is 3.48. The molecule has 0 aliphatic carbocycles. The highest BCUT2D eigenvalue weighted by atomic mass is 35.5. The Hall–Kier alpha value is -2.00. The molecule has 2 aromatic carbocycles. The Bertz CT molecular complexity index is 573. The maximum Gasteiger partial charge on any atom is 0.323 e. The summed E-state index contributed by atoms with van der Waals surface area (Å²) in [6.07, 6.45) is 0. The summed E-state index contributed by atoms with van der Waals surface area (Å²) in [5.74, 6) is 0. The minimum atomic E-state index is -0.264. The summed E-state index contributed by atoms with van der Waals surface area (Å²) >= 11 is 5.96. The van der Waals surface area contributed by atoms with Crippen molar-refractivity contribution in [3.63, 3.8) is 0 Å². The molecule has 0 atom stereocenters. The first-order valence-electron chi connectivity index (χ1n) is 5.96. The molecular formula is C15H15ClN2O. The van der Waals surface area contributed by atoms with Crippen LogP contribution in [-0.2, 0) is 0 Å². The number of hydrogen-bond acceptors (Lipinski definition) is 1. The Kier molecular flexibility index (Phi) is 4.07. The number of urea groups is 1. The Balaban J connectivity index is 2.12. The van der Waals surface area contributed by atoms with Gasteiger partial charge in [0.1, 0.15) is 0 Å². The van der Waals surface area contributed by atoms with Gasteiger partial charge >= 0.3 is 6.03 Å². The zero-order valence-electron chi connectivity index (χ0n) is 10.8. The van der Waals surface area contributed by atoms with Crippen molar-refractivity contribution in [3.05, 3.63) is 58.6 Å². The van der Waals surface area contributed by atoms with Crippen molar-refractivity contribution in [2.24, 2.45) is 0 Å². The van der Waals surface area contributed by atoms with Gasteiger partial charge in [-0.3, -0.25) is 0 Å². The van der Waals surface area contributed by atoms with Crippen molar-refractivity contribution in [2.45, 2.75) is 13.8 Å². The second-order valence-corrected chi connectivity index (χ2v) is 4.80. The smallest absolute Gasteiger partial charge is 0.308 e. The first kappa shape index (κ1) is 13.4. The van der Waals surface area contributed by atoms with Gasteiger partial charge in [-0.1, -0.05) is 29.8 Å². The van der Waals surface area contributed by atoms with Gasteiger partial charge in [-0.25, -0.2) is 4.79 Å². The maximum absolute atomic E-state index is 11.9. The molecule has 0 aliphatic heterocycles. The molecule has 0 saturated carbocycles. The standard InChI is InChI=1S/C15H15ClN2O/c1-10-8-12(16)9-11(2)14(10)18-15(19)17-13-6-4-3-5-7-13/h3-9H,1-2H3,(H2,17,18,19). The topological polar surface area (TPSA) is 41.1 Å². The molecule has 0 saturated heterocycles. The summed E-state index contributed by atoms with van der Waals surface area (Å²) in [5.41, 5.74) is 3.42. The molecule has 3 nitrogen and oxygen atoms in total. The van der Waals surface area contributed by atoms with E-state index in [1.165, 1.54) is 0 Å². The predicted octanol–water partition coefficient (Wildman–Crippen LogP) is 4.60. The fourth-order valence-corrected chi connectivity index (χ4v) is 2.23. The van der Waals surface area contributed by atoms with E-state index in [1.54, 1.807) is 0 Å². The lowest BCUT2D eigenvalue weighted by atomic mass is 10.1. The normalized spacial score (nSPS) is 10.1. The summed E-state index contributed by atoms with van der Waals surface area (Å²) in [6, 6.07) is 12.7. The van der Waals surface area contributed by atoms with Gasteiger partial charge in [0.15, 0.2) is 0 Å². The number of nitrogens with one attached hydrogen (secondary N) is 2. The van der Waals surface area contributed by atoms with Crippen molar-refractivity contribution in [1.82, 2.24) is 0 Å². The molecule has 0 fully saturated rings. The highest BCUT2D eigenvalue weighted by Crippen LogP contribution is 2.24. The molecule has 0 bridgehead atoms. The molecule has 0 spiro atoms. The van der Waals surface area contributed by atoms with Crippen molar-refractivity contribution in [2.75, 3.05) is 10.6 Å². The highest BCUT2D eigenvalue weighted by molar-refractivity contribution is 6.30. The average molecular weight is 275 g/mol. The van der Waals surface area contributed by atoms with Crippen LogP contribution in [0, 0.1) is 13.8 Å². The molecule has 2 amide bonds. The Labute approximate surface area is 117 Å². The van der Waals surface area contributed by atoms with E-state index in [0.29, 0.717) is 5.02 Å². The van der Waals surface area contributed by atoms with Crippen molar-refractivity contribution in [3.8, 4) is 0 Å². The maximum atomic E-state index is 11.9. The highest BCUT2D eigenvalue weighted by Gasteiger charge is 2.08. The molecule has 0 heterocycles. The second-order valence-electron chi connectivity index (χ2n) is 4.36. The van der Waals surface area contributed by atoms with Crippen LogP contribution in [0.5, 0.6) is 0 Å². The van der Waals surface area contributed by atoms with Crippen LogP contribution in [0.25, 0.3) is 0 Å². The summed E-state index contributed by atoms with van der Waals surface area (Å²) in [7, 11) is 0. The minimum Gasteiger partial charge on any atom is -0.308 e. The molecular weight excluding hydrogens is 260 g/mol. The van der Waals surface area contributed by atoms with Gasteiger partial charge in [0.05, 0.1) is 0 Å². The lowest BCUT2D eigenvalue weighted by Gasteiger charge is -2.13. The van der Waals surface area contributed by atoms with E-state index >= 15 is 0 Å². The number of carbonyl (C=O) groups is 1. The van der Waals surface area contributed by atoms with Crippen molar-refractivity contribution in [1.29, 1.82) is 0 Å². The number of halogens is 1. The molecule has 0 radical (unpaired) electrons. The number of carbonyl (C=O) groups excluding carboxylic acids is 1. The average Bonchev–Trinajstić information content (AvgIpc) is 2.35. The summed E-state index contributed by atoms with van der Waals surface area (Å²) < 4.78 is 0. The molecule has 2 N–H and O–H groups in total. The Morgan fingerprint density at radius 2 is 1.58 bits per heavy atom. The number of para-hydroxylation sites is 1. The molecule has 0 aliphatic rings. The van der Waals surface area contributed by atoms with Gasteiger partial charge < -0.3 is 10.6 Å². The van der Waals surface area contributed by atoms with Crippen LogP contribution in [0.1, 0.15) is 11.1 Å². The number of aryl methyl sites for hydroxylation is 2. The van der Waals surface area contributed by atoms with Gasteiger partial charge in [-0.15, -0.1) is 0 Å². The molecule has 2 rings (SSSR count). The lowest BCUT2D eigenvalue weighted by Crippen LogP contribution is -2.20. The number of rotatable bonds is 2. The fraction of sp³-hybridized carbons (Fsp3) is 0.133. The van der Waals surface area contributed by atoms with Gasteiger partial charge in [-0.05, 0) is 49.2 Å². The number of anilines is 2. The van der Waals surface area contributed by atoms with Gasteiger partial charge in [0, 0.05) is 16.4 Å². The second kappa shape index (κ2) is 5.76. The largest absolute Gasteiger partial charge is 0.323 e. The van der Waals surface area contributed by atoms with Gasteiger partial charge in [-0.2, -0.15) is 0 Å². The fourth-order valence-electron chi connectivity index (χ4n) is 1.91. The van der Waals surface area contributed by atoms with E-state index < -0.39 is 0 Å². The van der Waals surface area contributed by atoms with Crippen LogP contribution in [0.4, 0.5) is 16.2 Å². The number of benzene rings is 2. The SMILES string of the molecule is Cc1cc(Cl)cc(C)c1NC(=O)Nc1ccccc1. The lowest BCUT2D eigenvalue weighted by molar-refractivity contribution is 0.262. The van der Waals surface area contributed by atoms with Crippen molar-refractivity contribution >= 4 is 29.0 Å². The molecule has 19 heavy (non-hydrogen) atoms. The molecule has 0 unspecified atom stereocenters. The van der Waals surface area contributed by atoms with Gasteiger partial charge in [0.25, 0.3) is 0 Å². The minimum absolute atomic E-state index is 0.264. The summed E-state index contributed by atoms with van der Waals surface area (Å²) in [5, 5.41) is 6.29. The quantitative estimate of drug-likeness (QED) is 0.825. The van der Waals surface area contributed by atoms with E-state index in [4.69, 9.17) is 11.6 Å². The summed E-state index contributed by atoms with van der Waals surface area (Å²) in [4.78, 5) is 11.9. The Morgan fingerprint density at radius 1 is 1.00 bits per heavy atom. The predicted molar refractivity (Wildman–Crippen MR) is 80.0 cm³/mol. The zero-order valence-corrected chi connectivity index (χ0v) is 11.6. The third-order valence-electron chi connectivity index (χ3n) is 2.77. The third-order valence-corrected chi connectivity index (χ3v) is 2.99. The zero-order chi connectivity index (χ0) is 13.8. The monoisotopic (exact) mass is 274 g/mol. The van der Waals surface area contributed by atoms with E-state index in [9.17, 15) is 4.79 Å². The molecule has 98 valence electrons.